The van der Waals surface area contributed by atoms with Crippen molar-refractivity contribution in [2.24, 2.45) is 0 Å². The summed E-state index contributed by atoms with van der Waals surface area (Å²) in [5.41, 5.74) is 0. The third kappa shape index (κ3) is 8.39. The summed E-state index contributed by atoms with van der Waals surface area (Å²) in [6.45, 7) is 4.47. The molecule has 0 amide bonds. The highest BCUT2D eigenvalue weighted by Gasteiger charge is 1.86. The van der Waals surface area contributed by atoms with Gasteiger partial charge in [-0.3, -0.25) is 0 Å². The van der Waals surface area contributed by atoms with Gasteiger partial charge >= 0.3 is 0 Å². The fourth-order valence-corrected chi connectivity index (χ4v) is 3.62. The normalized spacial score (nSPS) is 12.7. The van der Waals surface area contributed by atoms with Gasteiger partial charge in [-0.05, 0) is 12.1 Å². The number of hydrogen-bond donors (Lipinski definition) is 0. The molecule has 0 aromatic heterocycles. The van der Waals surface area contributed by atoms with Crippen LogP contribution < -0.4 is 0 Å². The molecule has 1 nitrogen and oxygen atoms in total. The van der Waals surface area contributed by atoms with Crippen molar-refractivity contribution in [3.05, 3.63) is 0 Å². The summed E-state index contributed by atoms with van der Waals surface area (Å²) in [7, 11) is -0.0946. The minimum Gasteiger partial charge on any atom is -0.465 e. The van der Waals surface area contributed by atoms with E-state index in [9.17, 15) is 0 Å². The molecule has 56 valence electrons. The van der Waals surface area contributed by atoms with E-state index in [2.05, 4.69) is 13.8 Å². The van der Waals surface area contributed by atoms with Crippen LogP contribution in [0.1, 0.15) is 26.7 Å². The van der Waals surface area contributed by atoms with Crippen LogP contribution in [-0.4, -0.2) is 19.5 Å². The van der Waals surface area contributed by atoms with E-state index in [1.807, 2.05) is 0 Å². The van der Waals surface area contributed by atoms with Crippen molar-refractivity contribution in [1.82, 2.24) is 0 Å². The lowest BCUT2D eigenvalue weighted by atomic mass is 10.6. The molecule has 0 radical (unpaired) electrons. The molecule has 0 atom stereocenters. The molecule has 0 saturated heterocycles. The molecule has 0 aliphatic rings. The highest BCUT2D eigenvalue weighted by Crippen LogP contribution is 1.89. The first kappa shape index (κ1) is 9.39. The standard InChI is InChI=1S/C6H18OSi2/c1-3-5-8-7-9-6-4-2/h3-6,8-9H2,1-2H3. The van der Waals surface area contributed by atoms with E-state index >= 15 is 0 Å². The van der Waals surface area contributed by atoms with E-state index in [0.29, 0.717) is 0 Å². The Bertz CT molecular complexity index is 44.3. The Morgan fingerprint density at radius 3 is 1.78 bits per heavy atom. The van der Waals surface area contributed by atoms with Crippen molar-refractivity contribution < 1.29 is 4.12 Å². The van der Waals surface area contributed by atoms with Crippen LogP contribution in [0.25, 0.3) is 0 Å². The van der Waals surface area contributed by atoms with E-state index in [0.717, 1.165) is 0 Å². The van der Waals surface area contributed by atoms with Crippen molar-refractivity contribution in [2.45, 2.75) is 38.8 Å². The Labute approximate surface area is 63.1 Å². The summed E-state index contributed by atoms with van der Waals surface area (Å²) in [6, 6.07) is 2.77. The van der Waals surface area contributed by atoms with Gasteiger partial charge in [0, 0.05) is 0 Å². The maximum Gasteiger partial charge on any atom is 0.146 e. The zero-order chi connectivity index (χ0) is 6.95. The van der Waals surface area contributed by atoms with Gasteiger partial charge in [0.15, 0.2) is 0 Å². The summed E-state index contributed by atoms with van der Waals surface area (Å²) >= 11 is 0. The molecular formula is C6H18OSi2. The van der Waals surface area contributed by atoms with Crippen molar-refractivity contribution in [2.75, 3.05) is 0 Å². The molecule has 0 fully saturated rings. The predicted molar refractivity (Wildman–Crippen MR) is 48.4 cm³/mol. The molecule has 0 saturated carbocycles. The van der Waals surface area contributed by atoms with Crippen LogP contribution in [0, 0.1) is 0 Å². The maximum absolute atomic E-state index is 5.59. The molecule has 0 bridgehead atoms. The van der Waals surface area contributed by atoms with E-state index in [4.69, 9.17) is 4.12 Å². The van der Waals surface area contributed by atoms with Crippen molar-refractivity contribution in [3.8, 4) is 0 Å². The van der Waals surface area contributed by atoms with Gasteiger partial charge in [0.2, 0.25) is 0 Å². The summed E-state index contributed by atoms with van der Waals surface area (Å²) < 4.78 is 5.59. The van der Waals surface area contributed by atoms with Crippen LogP contribution in [0.5, 0.6) is 0 Å². The summed E-state index contributed by atoms with van der Waals surface area (Å²) in [5.74, 6) is 0. The fourth-order valence-electron chi connectivity index (χ4n) is 0.595. The average molecular weight is 162 g/mol. The van der Waals surface area contributed by atoms with E-state index in [1.54, 1.807) is 0 Å². The van der Waals surface area contributed by atoms with E-state index < -0.39 is 0 Å². The van der Waals surface area contributed by atoms with Gasteiger partial charge in [-0.2, -0.15) is 0 Å². The van der Waals surface area contributed by atoms with Gasteiger partial charge < -0.3 is 4.12 Å². The van der Waals surface area contributed by atoms with Gasteiger partial charge in [-0.1, -0.05) is 26.7 Å². The van der Waals surface area contributed by atoms with E-state index in [1.165, 1.54) is 24.9 Å². The Kier molecular flexibility index (Phi) is 8.76. The minimum atomic E-state index is -0.0473. The lowest BCUT2D eigenvalue weighted by Gasteiger charge is -1.98. The van der Waals surface area contributed by atoms with Crippen molar-refractivity contribution in [3.63, 3.8) is 0 Å². The van der Waals surface area contributed by atoms with Crippen LogP contribution in [0.2, 0.25) is 12.1 Å². The van der Waals surface area contributed by atoms with Crippen LogP contribution in [0.4, 0.5) is 0 Å². The molecular weight excluding hydrogens is 144 g/mol. The summed E-state index contributed by atoms with van der Waals surface area (Å²) in [4.78, 5) is 0. The van der Waals surface area contributed by atoms with Crippen LogP contribution in [0.15, 0.2) is 0 Å². The Hall–Kier alpha value is 0.394. The van der Waals surface area contributed by atoms with Gasteiger partial charge in [0.25, 0.3) is 0 Å². The molecule has 9 heavy (non-hydrogen) atoms. The second-order valence-electron chi connectivity index (χ2n) is 2.32. The SMILES string of the molecule is CCC[SiH2]O[SiH2]CCC. The first-order valence-electron chi connectivity index (χ1n) is 3.99. The van der Waals surface area contributed by atoms with Gasteiger partial charge in [-0.25, -0.2) is 0 Å². The molecule has 0 heterocycles. The highest BCUT2D eigenvalue weighted by molar-refractivity contribution is 6.42. The van der Waals surface area contributed by atoms with Crippen LogP contribution in [0.3, 0.4) is 0 Å². The second kappa shape index (κ2) is 8.39. The van der Waals surface area contributed by atoms with Crippen LogP contribution in [-0.2, 0) is 4.12 Å². The highest BCUT2D eigenvalue weighted by atomic mass is 28.3. The zero-order valence-electron chi connectivity index (χ0n) is 6.65. The largest absolute Gasteiger partial charge is 0.465 e. The van der Waals surface area contributed by atoms with Gasteiger partial charge in [-0.15, -0.1) is 0 Å². The first-order chi connectivity index (χ1) is 4.41. The molecule has 0 spiro atoms. The average Bonchev–Trinajstić information content (AvgIpc) is 1.89. The topological polar surface area (TPSA) is 9.23 Å². The van der Waals surface area contributed by atoms with Gasteiger partial charge in [0.05, 0.1) is 0 Å². The third-order valence-electron chi connectivity index (χ3n) is 1.28. The molecule has 0 rings (SSSR count). The third-order valence-corrected chi connectivity index (χ3v) is 5.59. The van der Waals surface area contributed by atoms with Crippen molar-refractivity contribution >= 4 is 19.5 Å². The molecule has 3 heteroatoms. The number of rotatable bonds is 6. The second-order valence-corrected chi connectivity index (χ2v) is 6.18. The Morgan fingerprint density at radius 1 is 1.00 bits per heavy atom. The quantitative estimate of drug-likeness (QED) is 0.415. The molecule has 0 aliphatic carbocycles. The summed E-state index contributed by atoms with van der Waals surface area (Å²) in [5, 5.41) is 0. The lowest BCUT2D eigenvalue weighted by molar-refractivity contribution is 0.628. The molecule has 0 N–H and O–H groups in total. The Balaban J connectivity index is 2.60. The van der Waals surface area contributed by atoms with E-state index in [-0.39, 0.29) is 19.5 Å². The first-order valence-corrected chi connectivity index (χ1v) is 7.15. The molecule has 0 unspecified atom stereocenters. The lowest BCUT2D eigenvalue weighted by Crippen LogP contribution is -2.02. The van der Waals surface area contributed by atoms with Crippen molar-refractivity contribution in [1.29, 1.82) is 0 Å². The van der Waals surface area contributed by atoms with Gasteiger partial charge in [0.1, 0.15) is 19.5 Å². The van der Waals surface area contributed by atoms with Crippen LogP contribution >= 0.6 is 0 Å². The number of hydrogen-bond acceptors (Lipinski definition) is 1. The predicted octanol–water partition coefficient (Wildman–Crippen LogP) is 0.827. The minimum absolute atomic E-state index is 0.0473. The zero-order valence-corrected chi connectivity index (χ0v) is 9.48. The maximum atomic E-state index is 5.59. The molecule has 0 aromatic rings. The smallest absolute Gasteiger partial charge is 0.146 e. The fraction of sp³-hybridized carbons (Fsp3) is 1.00. The monoisotopic (exact) mass is 162 g/mol. The molecule has 0 aromatic carbocycles. The summed E-state index contributed by atoms with van der Waals surface area (Å²) in [6.07, 6.45) is 2.65. The Morgan fingerprint density at radius 2 is 1.44 bits per heavy atom. The molecule has 0 aliphatic heterocycles.